The summed E-state index contributed by atoms with van der Waals surface area (Å²) in [4.78, 5) is 24.9. The minimum Gasteiger partial charge on any atom is -0.379 e. The highest BCUT2D eigenvalue weighted by Crippen LogP contribution is 2.29. The van der Waals surface area contributed by atoms with Crippen LogP contribution >= 0.6 is 0 Å². The normalized spacial score (nSPS) is 17.1. The minimum atomic E-state index is -0.549. The molecule has 0 unspecified atom stereocenters. The quantitative estimate of drug-likeness (QED) is 0.633. The molecule has 1 fully saturated rings. The molecule has 1 aromatic carbocycles. The van der Waals surface area contributed by atoms with Gasteiger partial charge in [0.15, 0.2) is 0 Å². The minimum absolute atomic E-state index is 0.456. The Labute approximate surface area is 117 Å². The first kappa shape index (κ1) is 13.1. The molecule has 1 aliphatic carbocycles. The van der Waals surface area contributed by atoms with E-state index in [2.05, 4.69) is 10.2 Å². The van der Waals surface area contributed by atoms with Crippen molar-refractivity contribution in [1.29, 1.82) is 0 Å². The average molecular weight is 274 g/mol. The molecule has 0 radical (unpaired) electrons. The molecular weight excluding hydrogens is 256 g/mol. The van der Waals surface area contributed by atoms with Crippen LogP contribution in [0, 0.1) is 5.92 Å². The molecule has 0 aromatic heterocycles. The molecule has 1 amide bonds. The van der Waals surface area contributed by atoms with Crippen LogP contribution in [0.3, 0.4) is 0 Å². The SMILES string of the molecule is CN(CCOCC1CC1)c1ccc2c(c1)NC(=O)C2=O. The number of likely N-dealkylation sites (N-methyl/N-ethyl adjacent to an activating group) is 1. The van der Waals surface area contributed by atoms with Crippen LogP contribution in [0.4, 0.5) is 11.4 Å². The van der Waals surface area contributed by atoms with Crippen molar-refractivity contribution in [2.24, 2.45) is 5.92 Å². The number of benzene rings is 1. The topological polar surface area (TPSA) is 58.6 Å². The summed E-state index contributed by atoms with van der Waals surface area (Å²) in [5.74, 6) is -0.226. The summed E-state index contributed by atoms with van der Waals surface area (Å²) >= 11 is 0. The van der Waals surface area contributed by atoms with E-state index >= 15 is 0 Å². The largest absolute Gasteiger partial charge is 0.379 e. The fraction of sp³-hybridized carbons (Fsp3) is 0.467. The summed E-state index contributed by atoms with van der Waals surface area (Å²) in [5.41, 5.74) is 2.02. The number of carbonyl (C=O) groups is 2. The van der Waals surface area contributed by atoms with Gasteiger partial charge in [0.25, 0.3) is 11.7 Å². The van der Waals surface area contributed by atoms with Crippen LogP contribution in [0.25, 0.3) is 0 Å². The van der Waals surface area contributed by atoms with Crippen molar-refractivity contribution in [2.45, 2.75) is 12.8 Å². The van der Waals surface area contributed by atoms with Crippen molar-refractivity contribution in [1.82, 2.24) is 0 Å². The van der Waals surface area contributed by atoms with Crippen molar-refractivity contribution < 1.29 is 14.3 Å². The van der Waals surface area contributed by atoms with Crippen LogP contribution in [-0.2, 0) is 9.53 Å². The van der Waals surface area contributed by atoms with Gasteiger partial charge in [0.05, 0.1) is 17.9 Å². The molecule has 0 spiro atoms. The van der Waals surface area contributed by atoms with Gasteiger partial charge >= 0.3 is 0 Å². The molecule has 5 nitrogen and oxygen atoms in total. The van der Waals surface area contributed by atoms with Gasteiger partial charge in [-0.3, -0.25) is 9.59 Å². The Kier molecular flexibility index (Phi) is 3.44. The van der Waals surface area contributed by atoms with Crippen LogP contribution in [0.2, 0.25) is 0 Å². The summed E-state index contributed by atoms with van der Waals surface area (Å²) in [6.07, 6.45) is 2.60. The van der Waals surface area contributed by atoms with Crippen LogP contribution < -0.4 is 10.2 Å². The predicted molar refractivity (Wildman–Crippen MR) is 76.2 cm³/mol. The monoisotopic (exact) mass is 274 g/mol. The number of ketones is 1. The molecule has 1 saturated carbocycles. The first-order valence-corrected chi connectivity index (χ1v) is 6.94. The van der Waals surface area contributed by atoms with Gasteiger partial charge in [-0.05, 0) is 37.0 Å². The lowest BCUT2D eigenvalue weighted by Crippen LogP contribution is -2.23. The van der Waals surface area contributed by atoms with Gasteiger partial charge in [0.1, 0.15) is 0 Å². The lowest BCUT2D eigenvalue weighted by molar-refractivity contribution is -0.112. The van der Waals surface area contributed by atoms with Crippen molar-refractivity contribution in [3.8, 4) is 0 Å². The number of rotatable bonds is 6. The molecule has 2 aliphatic rings. The smallest absolute Gasteiger partial charge is 0.296 e. The lowest BCUT2D eigenvalue weighted by atomic mass is 10.1. The summed E-state index contributed by atoms with van der Waals surface area (Å²) in [7, 11) is 1.97. The molecule has 1 heterocycles. The third-order valence-corrected chi connectivity index (χ3v) is 3.76. The lowest BCUT2D eigenvalue weighted by Gasteiger charge is -2.19. The van der Waals surface area contributed by atoms with Crippen LogP contribution in [0.15, 0.2) is 18.2 Å². The van der Waals surface area contributed by atoms with Gasteiger partial charge in [0.2, 0.25) is 0 Å². The standard InChI is InChI=1S/C15H18N2O3/c1-17(6-7-20-9-10-2-3-10)11-4-5-12-13(8-11)16-15(19)14(12)18/h4-5,8,10H,2-3,6-7,9H2,1H3,(H,16,18,19). The van der Waals surface area contributed by atoms with E-state index in [1.807, 2.05) is 19.2 Å². The molecule has 20 heavy (non-hydrogen) atoms. The molecular formula is C15H18N2O3. The number of carbonyl (C=O) groups excluding carboxylic acids is 2. The summed E-state index contributed by atoms with van der Waals surface area (Å²) < 4.78 is 5.61. The molecule has 3 rings (SSSR count). The second-order valence-electron chi connectivity index (χ2n) is 5.45. The van der Waals surface area contributed by atoms with E-state index in [4.69, 9.17) is 4.74 Å². The van der Waals surface area contributed by atoms with E-state index in [9.17, 15) is 9.59 Å². The first-order chi connectivity index (χ1) is 9.65. The highest BCUT2D eigenvalue weighted by Gasteiger charge is 2.28. The zero-order chi connectivity index (χ0) is 14.1. The van der Waals surface area contributed by atoms with Gasteiger partial charge in [-0.25, -0.2) is 0 Å². The van der Waals surface area contributed by atoms with E-state index in [0.29, 0.717) is 17.9 Å². The highest BCUT2D eigenvalue weighted by molar-refractivity contribution is 6.51. The summed E-state index contributed by atoms with van der Waals surface area (Å²) in [5, 5.41) is 2.59. The van der Waals surface area contributed by atoms with E-state index in [0.717, 1.165) is 24.8 Å². The maximum atomic E-state index is 11.5. The van der Waals surface area contributed by atoms with Crippen LogP contribution in [0.5, 0.6) is 0 Å². The Morgan fingerprint density at radius 2 is 2.15 bits per heavy atom. The Morgan fingerprint density at radius 1 is 1.35 bits per heavy atom. The number of nitrogens with one attached hydrogen (secondary N) is 1. The van der Waals surface area contributed by atoms with Crippen molar-refractivity contribution in [3.05, 3.63) is 23.8 Å². The van der Waals surface area contributed by atoms with E-state index in [-0.39, 0.29) is 0 Å². The maximum Gasteiger partial charge on any atom is 0.296 e. The van der Waals surface area contributed by atoms with Crippen LogP contribution in [-0.4, -0.2) is 38.5 Å². The number of hydrogen-bond acceptors (Lipinski definition) is 4. The van der Waals surface area contributed by atoms with E-state index in [1.54, 1.807) is 6.07 Å². The van der Waals surface area contributed by atoms with Gasteiger partial charge in [-0.2, -0.15) is 0 Å². The van der Waals surface area contributed by atoms with Gasteiger partial charge in [-0.15, -0.1) is 0 Å². The molecule has 0 atom stereocenters. The third kappa shape index (κ3) is 2.67. The number of fused-ring (bicyclic) bond motifs is 1. The summed E-state index contributed by atoms with van der Waals surface area (Å²) in [6, 6.07) is 5.39. The van der Waals surface area contributed by atoms with Crippen LogP contribution in [0.1, 0.15) is 23.2 Å². The van der Waals surface area contributed by atoms with Crippen molar-refractivity contribution in [3.63, 3.8) is 0 Å². The molecule has 1 aliphatic heterocycles. The number of nitrogens with zero attached hydrogens (tertiary/aromatic N) is 1. The fourth-order valence-corrected chi connectivity index (χ4v) is 2.24. The number of anilines is 2. The molecule has 1 N–H and O–H groups in total. The Balaban J connectivity index is 1.58. The summed E-state index contributed by atoms with van der Waals surface area (Å²) in [6.45, 7) is 2.34. The van der Waals surface area contributed by atoms with Gasteiger partial charge < -0.3 is 15.0 Å². The highest BCUT2D eigenvalue weighted by atomic mass is 16.5. The number of Topliss-reactive ketones (excluding diaryl/α,β-unsaturated/α-hetero) is 1. The molecule has 5 heteroatoms. The molecule has 0 saturated heterocycles. The first-order valence-electron chi connectivity index (χ1n) is 6.94. The van der Waals surface area contributed by atoms with Gasteiger partial charge in [0, 0.05) is 25.9 Å². The number of hydrogen-bond donors (Lipinski definition) is 1. The fourth-order valence-electron chi connectivity index (χ4n) is 2.24. The Bertz CT molecular complexity index is 552. The van der Waals surface area contributed by atoms with Crippen molar-refractivity contribution in [2.75, 3.05) is 37.0 Å². The number of ether oxygens (including phenoxy) is 1. The maximum absolute atomic E-state index is 11.5. The predicted octanol–water partition coefficient (Wildman–Crippen LogP) is 1.68. The Hall–Kier alpha value is -1.88. The number of amides is 1. The van der Waals surface area contributed by atoms with E-state index < -0.39 is 11.7 Å². The van der Waals surface area contributed by atoms with Gasteiger partial charge in [-0.1, -0.05) is 0 Å². The average Bonchev–Trinajstić information content (AvgIpc) is 3.22. The Morgan fingerprint density at radius 3 is 2.90 bits per heavy atom. The molecule has 106 valence electrons. The molecule has 0 bridgehead atoms. The van der Waals surface area contributed by atoms with Crippen molar-refractivity contribution >= 4 is 23.1 Å². The second-order valence-corrected chi connectivity index (χ2v) is 5.45. The third-order valence-electron chi connectivity index (χ3n) is 3.76. The molecule has 1 aromatic rings. The zero-order valence-corrected chi connectivity index (χ0v) is 11.5. The van der Waals surface area contributed by atoms with E-state index in [1.165, 1.54) is 12.8 Å². The zero-order valence-electron chi connectivity index (χ0n) is 11.5. The second kappa shape index (κ2) is 5.25.